The Morgan fingerprint density at radius 3 is 2.70 bits per heavy atom. The molecule has 1 N–H and O–H groups in total. The van der Waals surface area contributed by atoms with Gasteiger partial charge in [0, 0.05) is 11.6 Å². The van der Waals surface area contributed by atoms with E-state index in [1.807, 2.05) is 0 Å². The lowest BCUT2D eigenvalue weighted by Gasteiger charge is -2.29. The number of benzene rings is 1. The van der Waals surface area contributed by atoms with Crippen LogP contribution in [0.25, 0.3) is 0 Å². The third-order valence-electron chi connectivity index (χ3n) is 5.24. The fourth-order valence-corrected chi connectivity index (χ4v) is 3.66. The van der Waals surface area contributed by atoms with Crippen LogP contribution in [0.15, 0.2) is 24.3 Å². The average Bonchev–Trinajstić information content (AvgIpc) is 2.65. The highest BCUT2D eigenvalue weighted by molar-refractivity contribution is 6.11. The maximum Gasteiger partial charge on any atom is 0.326 e. The predicted molar refractivity (Wildman–Crippen MR) is 96.7 cm³/mol. The summed E-state index contributed by atoms with van der Waals surface area (Å²) in [6.07, 6.45) is 4.32. The number of amides is 3. The maximum absolute atomic E-state index is 12.4. The first-order chi connectivity index (χ1) is 13.0. The standard InChI is InChI=1S/C20H24N2O5/c1-13-6-2-5-9-16(13)21-17(23)12-27-19(25)11-22-18(24)10-14-7-3-4-8-15(14)20(22)26/h3-4,7-8,13,16H,2,5-6,9-12H2,1H3,(H,21,23)/t13-,16-/m1/s1. The average molecular weight is 372 g/mol. The number of ether oxygens (including phenoxy) is 1. The van der Waals surface area contributed by atoms with Crippen molar-refractivity contribution in [3.05, 3.63) is 35.4 Å². The van der Waals surface area contributed by atoms with Gasteiger partial charge < -0.3 is 10.1 Å². The maximum atomic E-state index is 12.4. The molecule has 1 aliphatic carbocycles. The Morgan fingerprint density at radius 2 is 1.93 bits per heavy atom. The Bertz CT molecular complexity index is 760. The van der Waals surface area contributed by atoms with Crippen LogP contribution in [0.1, 0.15) is 48.5 Å². The van der Waals surface area contributed by atoms with Crippen molar-refractivity contribution in [2.24, 2.45) is 5.92 Å². The number of nitrogens with zero attached hydrogens (tertiary/aromatic N) is 1. The fraction of sp³-hybridized carbons (Fsp3) is 0.500. The van der Waals surface area contributed by atoms with Gasteiger partial charge in [-0.25, -0.2) is 0 Å². The van der Waals surface area contributed by atoms with E-state index in [2.05, 4.69) is 12.2 Å². The largest absolute Gasteiger partial charge is 0.454 e. The highest BCUT2D eigenvalue weighted by Crippen LogP contribution is 2.23. The molecular weight excluding hydrogens is 348 g/mol. The van der Waals surface area contributed by atoms with Gasteiger partial charge in [0.2, 0.25) is 5.91 Å². The van der Waals surface area contributed by atoms with Crippen molar-refractivity contribution < 1.29 is 23.9 Å². The number of rotatable bonds is 5. The van der Waals surface area contributed by atoms with E-state index in [0.717, 1.165) is 24.2 Å². The van der Waals surface area contributed by atoms with Gasteiger partial charge in [0.05, 0.1) is 6.42 Å². The molecule has 3 amide bonds. The number of fused-ring (bicyclic) bond motifs is 1. The van der Waals surface area contributed by atoms with Crippen LogP contribution >= 0.6 is 0 Å². The molecule has 1 aliphatic heterocycles. The minimum Gasteiger partial charge on any atom is -0.454 e. The number of esters is 1. The van der Waals surface area contributed by atoms with Crippen LogP contribution in [-0.4, -0.2) is 47.8 Å². The Morgan fingerprint density at radius 1 is 1.19 bits per heavy atom. The van der Waals surface area contributed by atoms with Gasteiger partial charge in [-0.1, -0.05) is 38.0 Å². The molecule has 7 nitrogen and oxygen atoms in total. The van der Waals surface area contributed by atoms with Gasteiger partial charge in [0.1, 0.15) is 6.54 Å². The lowest BCUT2D eigenvalue weighted by Crippen LogP contribution is -2.46. The lowest BCUT2D eigenvalue weighted by molar-refractivity contribution is -0.151. The number of carbonyl (C=O) groups is 4. The molecule has 1 aromatic rings. The highest BCUT2D eigenvalue weighted by Gasteiger charge is 2.32. The normalized spacial score (nSPS) is 22.2. The van der Waals surface area contributed by atoms with E-state index < -0.39 is 30.9 Å². The number of carbonyl (C=O) groups excluding carboxylic acids is 4. The molecule has 0 bridgehead atoms. The quantitative estimate of drug-likeness (QED) is 0.624. The molecule has 1 saturated carbocycles. The van der Waals surface area contributed by atoms with Crippen LogP contribution in [0.2, 0.25) is 0 Å². The van der Waals surface area contributed by atoms with Gasteiger partial charge in [0.15, 0.2) is 6.61 Å². The van der Waals surface area contributed by atoms with Crippen LogP contribution in [0, 0.1) is 5.92 Å². The van der Waals surface area contributed by atoms with E-state index >= 15 is 0 Å². The molecule has 0 spiro atoms. The molecule has 0 radical (unpaired) electrons. The lowest BCUT2D eigenvalue weighted by atomic mass is 9.86. The van der Waals surface area contributed by atoms with Crippen LogP contribution in [0.4, 0.5) is 0 Å². The minimum absolute atomic E-state index is 0.0647. The second kappa shape index (κ2) is 8.33. The van der Waals surface area contributed by atoms with Gasteiger partial charge in [-0.15, -0.1) is 0 Å². The molecule has 27 heavy (non-hydrogen) atoms. The van der Waals surface area contributed by atoms with Gasteiger partial charge in [0.25, 0.3) is 11.8 Å². The molecule has 3 rings (SSSR count). The molecule has 144 valence electrons. The molecular formula is C20H24N2O5. The number of hydrogen-bond donors (Lipinski definition) is 1. The third kappa shape index (κ3) is 4.53. The van der Waals surface area contributed by atoms with Gasteiger partial charge in [-0.2, -0.15) is 0 Å². The number of imide groups is 1. The summed E-state index contributed by atoms with van der Waals surface area (Å²) >= 11 is 0. The molecule has 0 unspecified atom stereocenters. The van der Waals surface area contributed by atoms with Crippen molar-refractivity contribution >= 4 is 23.7 Å². The minimum atomic E-state index is -0.775. The van der Waals surface area contributed by atoms with Crippen molar-refractivity contribution in [3.63, 3.8) is 0 Å². The number of nitrogens with one attached hydrogen (secondary N) is 1. The summed E-state index contributed by atoms with van der Waals surface area (Å²) in [4.78, 5) is 49.5. The topological polar surface area (TPSA) is 92.8 Å². The van der Waals surface area contributed by atoms with Gasteiger partial charge in [-0.3, -0.25) is 24.1 Å². The first-order valence-corrected chi connectivity index (χ1v) is 9.33. The van der Waals surface area contributed by atoms with E-state index in [-0.39, 0.29) is 18.4 Å². The van der Waals surface area contributed by atoms with Crippen molar-refractivity contribution in [3.8, 4) is 0 Å². The smallest absolute Gasteiger partial charge is 0.326 e. The summed E-state index contributed by atoms with van der Waals surface area (Å²) < 4.78 is 4.97. The molecule has 2 aliphatic rings. The fourth-order valence-electron chi connectivity index (χ4n) is 3.66. The molecule has 0 aromatic heterocycles. The van der Waals surface area contributed by atoms with Crippen LogP contribution in [0.3, 0.4) is 0 Å². The SMILES string of the molecule is C[C@@H]1CCCC[C@H]1NC(=O)COC(=O)CN1C(=O)Cc2ccccc2C1=O. The zero-order chi connectivity index (χ0) is 19.4. The second-order valence-corrected chi connectivity index (χ2v) is 7.22. The highest BCUT2D eigenvalue weighted by atomic mass is 16.5. The third-order valence-corrected chi connectivity index (χ3v) is 5.24. The van der Waals surface area contributed by atoms with Crippen LogP contribution in [-0.2, 0) is 25.5 Å². The monoisotopic (exact) mass is 372 g/mol. The summed E-state index contributed by atoms with van der Waals surface area (Å²) in [5, 5.41) is 2.89. The van der Waals surface area contributed by atoms with Gasteiger partial charge in [-0.05, 0) is 30.4 Å². The van der Waals surface area contributed by atoms with Crippen molar-refractivity contribution in [2.45, 2.75) is 45.1 Å². The van der Waals surface area contributed by atoms with E-state index in [1.165, 1.54) is 6.42 Å². The van der Waals surface area contributed by atoms with Gasteiger partial charge >= 0.3 is 5.97 Å². The molecule has 0 saturated heterocycles. The van der Waals surface area contributed by atoms with Crippen LogP contribution < -0.4 is 5.32 Å². The zero-order valence-electron chi connectivity index (χ0n) is 15.4. The van der Waals surface area contributed by atoms with E-state index in [4.69, 9.17) is 4.74 Å². The molecule has 1 fully saturated rings. The summed E-state index contributed by atoms with van der Waals surface area (Å²) in [5.41, 5.74) is 1.06. The summed E-state index contributed by atoms with van der Waals surface area (Å²) in [5.74, 6) is -1.69. The number of hydrogen-bond acceptors (Lipinski definition) is 5. The molecule has 2 atom stereocenters. The molecule has 7 heteroatoms. The summed E-state index contributed by atoms with van der Waals surface area (Å²) in [7, 11) is 0. The Kier molecular flexibility index (Phi) is 5.88. The summed E-state index contributed by atoms with van der Waals surface area (Å²) in [6, 6.07) is 6.92. The van der Waals surface area contributed by atoms with Crippen molar-refractivity contribution in [2.75, 3.05) is 13.2 Å². The van der Waals surface area contributed by atoms with Crippen molar-refractivity contribution in [1.29, 1.82) is 0 Å². The molecule has 1 aromatic carbocycles. The van der Waals surface area contributed by atoms with E-state index in [0.29, 0.717) is 17.0 Å². The zero-order valence-corrected chi connectivity index (χ0v) is 15.4. The van der Waals surface area contributed by atoms with E-state index in [1.54, 1.807) is 24.3 Å². The predicted octanol–water partition coefficient (Wildman–Crippen LogP) is 1.45. The molecule has 1 heterocycles. The Hall–Kier alpha value is -2.70. The Labute approximate surface area is 158 Å². The van der Waals surface area contributed by atoms with E-state index in [9.17, 15) is 19.2 Å². The first kappa shape index (κ1) is 19.1. The van der Waals surface area contributed by atoms with Crippen LogP contribution in [0.5, 0.6) is 0 Å². The second-order valence-electron chi connectivity index (χ2n) is 7.22. The van der Waals surface area contributed by atoms with Crippen molar-refractivity contribution in [1.82, 2.24) is 10.2 Å². The first-order valence-electron chi connectivity index (χ1n) is 9.33. The Balaban J connectivity index is 1.50. The summed E-state index contributed by atoms with van der Waals surface area (Å²) in [6.45, 7) is 1.20.